The van der Waals surface area contributed by atoms with Crippen LogP contribution in [0.4, 0.5) is 10.1 Å². The fraction of sp³-hybridized carbons (Fsp3) is 0.625. The molecular formula is C16H28FN3. The number of halogens is 1. The number of para-hydroxylation sites is 1. The van der Waals surface area contributed by atoms with Crippen molar-refractivity contribution < 1.29 is 4.39 Å². The Morgan fingerprint density at radius 1 is 1.15 bits per heavy atom. The molecule has 0 saturated heterocycles. The molecule has 0 aliphatic rings. The van der Waals surface area contributed by atoms with Crippen LogP contribution in [0.3, 0.4) is 0 Å². The Bertz CT molecular complexity index is 393. The number of hydrogen-bond donors (Lipinski definition) is 1. The van der Waals surface area contributed by atoms with Gasteiger partial charge in [0.15, 0.2) is 0 Å². The van der Waals surface area contributed by atoms with Crippen LogP contribution in [-0.4, -0.2) is 45.2 Å². The highest BCUT2D eigenvalue weighted by atomic mass is 19.1. The molecule has 1 N–H and O–H groups in total. The molecule has 0 radical (unpaired) electrons. The number of anilines is 1. The van der Waals surface area contributed by atoms with Crippen LogP contribution in [0.25, 0.3) is 0 Å². The third-order valence-corrected chi connectivity index (χ3v) is 3.37. The van der Waals surface area contributed by atoms with Crippen LogP contribution in [0.2, 0.25) is 0 Å². The molecule has 0 aromatic heterocycles. The number of hydrogen-bond acceptors (Lipinski definition) is 3. The van der Waals surface area contributed by atoms with Gasteiger partial charge in [-0.25, -0.2) is 4.39 Å². The minimum atomic E-state index is -0.118. The lowest BCUT2D eigenvalue weighted by atomic mass is 10.1. The first kappa shape index (κ1) is 16.9. The van der Waals surface area contributed by atoms with E-state index in [1.807, 2.05) is 6.07 Å². The van der Waals surface area contributed by atoms with Crippen LogP contribution in [0, 0.1) is 5.82 Å². The SMILES string of the molecule is CCNCc1cccc(F)c1N(CC)CCCN(C)C. The molecule has 0 aliphatic heterocycles. The van der Waals surface area contributed by atoms with Crippen LogP contribution in [0.15, 0.2) is 18.2 Å². The normalized spacial score (nSPS) is 11.1. The summed E-state index contributed by atoms with van der Waals surface area (Å²) in [7, 11) is 4.13. The molecule has 1 rings (SSSR count). The molecule has 3 nitrogen and oxygen atoms in total. The molecule has 0 atom stereocenters. The lowest BCUT2D eigenvalue weighted by Gasteiger charge is -2.27. The summed E-state index contributed by atoms with van der Waals surface area (Å²) in [5, 5.41) is 3.28. The maximum Gasteiger partial charge on any atom is 0.146 e. The predicted molar refractivity (Wildman–Crippen MR) is 84.8 cm³/mol. The van der Waals surface area contributed by atoms with Gasteiger partial charge < -0.3 is 15.1 Å². The third kappa shape index (κ3) is 5.10. The summed E-state index contributed by atoms with van der Waals surface area (Å²) in [6.07, 6.45) is 1.04. The summed E-state index contributed by atoms with van der Waals surface area (Å²) in [4.78, 5) is 4.31. The van der Waals surface area contributed by atoms with Crippen molar-refractivity contribution in [1.82, 2.24) is 10.2 Å². The predicted octanol–water partition coefficient (Wildman–Crippen LogP) is 2.71. The average molecular weight is 281 g/mol. The summed E-state index contributed by atoms with van der Waals surface area (Å²) < 4.78 is 14.2. The summed E-state index contributed by atoms with van der Waals surface area (Å²) in [5.74, 6) is -0.118. The summed E-state index contributed by atoms with van der Waals surface area (Å²) in [5.41, 5.74) is 1.80. The van der Waals surface area contributed by atoms with E-state index in [-0.39, 0.29) is 5.82 Å². The van der Waals surface area contributed by atoms with Crippen LogP contribution in [0.5, 0.6) is 0 Å². The number of benzene rings is 1. The molecule has 20 heavy (non-hydrogen) atoms. The van der Waals surface area contributed by atoms with E-state index in [0.29, 0.717) is 6.54 Å². The van der Waals surface area contributed by atoms with Crippen molar-refractivity contribution >= 4 is 5.69 Å². The van der Waals surface area contributed by atoms with Crippen LogP contribution in [0.1, 0.15) is 25.8 Å². The minimum absolute atomic E-state index is 0.118. The molecule has 0 spiro atoms. The fourth-order valence-corrected chi connectivity index (χ4v) is 2.32. The van der Waals surface area contributed by atoms with Crippen molar-refractivity contribution in [2.75, 3.05) is 45.2 Å². The summed E-state index contributed by atoms with van der Waals surface area (Å²) in [6.45, 7) is 8.49. The molecule has 0 aliphatic carbocycles. The zero-order valence-corrected chi connectivity index (χ0v) is 13.2. The Morgan fingerprint density at radius 3 is 2.50 bits per heavy atom. The quantitative estimate of drug-likeness (QED) is 0.751. The molecule has 1 aromatic rings. The van der Waals surface area contributed by atoms with Gasteiger partial charge in [-0.3, -0.25) is 0 Å². The number of nitrogens with one attached hydrogen (secondary N) is 1. The Balaban J connectivity index is 2.83. The average Bonchev–Trinajstić information content (AvgIpc) is 2.42. The van der Waals surface area contributed by atoms with Crippen LogP contribution >= 0.6 is 0 Å². The lowest BCUT2D eigenvalue weighted by Crippen LogP contribution is -2.29. The molecule has 1 aromatic carbocycles. The monoisotopic (exact) mass is 281 g/mol. The van der Waals surface area contributed by atoms with Crippen LogP contribution in [-0.2, 0) is 6.54 Å². The van der Waals surface area contributed by atoms with E-state index < -0.39 is 0 Å². The van der Waals surface area contributed by atoms with E-state index in [2.05, 4.69) is 43.1 Å². The highest BCUT2D eigenvalue weighted by Gasteiger charge is 2.14. The molecular weight excluding hydrogens is 253 g/mol. The molecule has 0 fully saturated rings. The van der Waals surface area contributed by atoms with E-state index in [4.69, 9.17) is 0 Å². The second-order valence-corrected chi connectivity index (χ2v) is 5.26. The first-order chi connectivity index (χ1) is 9.60. The van der Waals surface area contributed by atoms with Gasteiger partial charge in [-0.1, -0.05) is 19.1 Å². The van der Waals surface area contributed by atoms with Crippen molar-refractivity contribution in [2.24, 2.45) is 0 Å². The Labute approximate surface area is 122 Å². The van der Waals surface area contributed by atoms with Crippen LogP contribution < -0.4 is 10.2 Å². The van der Waals surface area contributed by atoms with Gasteiger partial charge in [-0.2, -0.15) is 0 Å². The maximum absolute atomic E-state index is 14.2. The lowest BCUT2D eigenvalue weighted by molar-refractivity contribution is 0.400. The van der Waals surface area contributed by atoms with Crippen molar-refractivity contribution in [3.05, 3.63) is 29.6 Å². The maximum atomic E-state index is 14.2. The largest absolute Gasteiger partial charge is 0.369 e. The molecule has 0 bridgehead atoms. The van der Waals surface area contributed by atoms with Gasteiger partial charge in [0.05, 0.1) is 5.69 Å². The molecule has 4 heteroatoms. The first-order valence-corrected chi connectivity index (χ1v) is 7.47. The second kappa shape index (κ2) is 8.93. The van der Waals surface area contributed by atoms with E-state index >= 15 is 0 Å². The molecule has 114 valence electrons. The third-order valence-electron chi connectivity index (χ3n) is 3.37. The van der Waals surface area contributed by atoms with Gasteiger partial charge in [0.25, 0.3) is 0 Å². The van der Waals surface area contributed by atoms with E-state index in [1.54, 1.807) is 12.1 Å². The van der Waals surface area contributed by atoms with Crippen molar-refractivity contribution in [1.29, 1.82) is 0 Å². The second-order valence-electron chi connectivity index (χ2n) is 5.26. The van der Waals surface area contributed by atoms with E-state index in [9.17, 15) is 4.39 Å². The smallest absolute Gasteiger partial charge is 0.146 e. The zero-order valence-electron chi connectivity index (χ0n) is 13.2. The van der Waals surface area contributed by atoms with Gasteiger partial charge in [0.1, 0.15) is 5.82 Å². The van der Waals surface area contributed by atoms with Gasteiger partial charge in [-0.05, 0) is 52.2 Å². The highest BCUT2D eigenvalue weighted by Crippen LogP contribution is 2.24. The molecule has 0 heterocycles. The van der Waals surface area contributed by atoms with Gasteiger partial charge in [0, 0.05) is 19.6 Å². The highest BCUT2D eigenvalue weighted by molar-refractivity contribution is 5.54. The Hall–Kier alpha value is -1.13. The number of nitrogens with zero attached hydrogens (tertiary/aromatic N) is 2. The summed E-state index contributed by atoms with van der Waals surface area (Å²) in [6, 6.07) is 5.36. The fourth-order valence-electron chi connectivity index (χ4n) is 2.32. The van der Waals surface area contributed by atoms with Crippen molar-refractivity contribution in [3.8, 4) is 0 Å². The Morgan fingerprint density at radius 2 is 1.90 bits per heavy atom. The minimum Gasteiger partial charge on any atom is -0.369 e. The zero-order chi connectivity index (χ0) is 15.0. The van der Waals surface area contributed by atoms with Gasteiger partial charge >= 0.3 is 0 Å². The van der Waals surface area contributed by atoms with Crippen molar-refractivity contribution in [2.45, 2.75) is 26.8 Å². The Kier molecular flexibility index (Phi) is 7.55. The number of rotatable bonds is 9. The van der Waals surface area contributed by atoms with E-state index in [1.165, 1.54) is 0 Å². The topological polar surface area (TPSA) is 18.5 Å². The standard InChI is InChI=1S/C16H28FN3/c1-5-18-13-14-9-7-10-15(17)16(14)20(6-2)12-8-11-19(3)4/h7,9-10,18H,5-6,8,11-13H2,1-4H3. The van der Waals surface area contributed by atoms with Gasteiger partial charge in [0.2, 0.25) is 0 Å². The molecule has 0 unspecified atom stereocenters. The van der Waals surface area contributed by atoms with Crippen molar-refractivity contribution in [3.63, 3.8) is 0 Å². The molecule has 0 saturated carbocycles. The van der Waals surface area contributed by atoms with Gasteiger partial charge in [-0.15, -0.1) is 0 Å². The molecule has 0 amide bonds. The van der Waals surface area contributed by atoms with E-state index in [0.717, 1.165) is 43.9 Å². The first-order valence-electron chi connectivity index (χ1n) is 7.47. The summed E-state index contributed by atoms with van der Waals surface area (Å²) >= 11 is 0.